The van der Waals surface area contributed by atoms with E-state index in [9.17, 15) is 24.5 Å². The Labute approximate surface area is 177 Å². The first-order valence-corrected chi connectivity index (χ1v) is 9.32. The second-order valence-corrected chi connectivity index (χ2v) is 6.50. The van der Waals surface area contributed by atoms with Crippen LogP contribution in [-0.4, -0.2) is 29.1 Å². The fourth-order valence-electron chi connectivity index (χ4n) is 2.81. The van der Waals surface area contributed by atoms with Gasteiger partial charge in [-0.1, -0.05) is 48.5 Å². The van der Waals surface area contributed by atoms with Crippen molar-refractivity contribution in [3.63, 3.8) is 0 Å². The van der Waals surface area contributed by atoms with Crippen LogP contribution in [0.1, 0.15) is 32.4 Å². The molecule has 3 rings (SSSR count). The normalized spacial score (nSPS) is 11.2. The van der Waals surface area contributed by atoms with E-state index in [1.54, 1.807) is 60.7 Å². The Bertz CT molecular complexity index is 1080. The minimum atomic E-state index is -1.32. The zero-order valence-corrected chi connectivity index (χ0v) is 16.3. The van der Waals surface area contributed by atoms with E-state index in [2.05, 4.69) is 5.32 Å². The summed E-state index contributed by atoms with van der Waals surface area (Å²) in [4.78, 5) is 47.8. The molecule has 0 unspecified atom stereocenters. The lowest BCUT2D eigenvalue weighted by atomic mass is 9.99. The van der Waals surface area contributed by atoms with Crippen LogP contribution in [0.15, 0.2) is 84.9 Å². The van der Waals surface area contributed by atoms with Gasteiger partial charge in [-0.05, 0) is 24.3 Å². The van der Waals surface area contributed by atoms with Gasteiger partial charge in [0.15, 0.2) is 6.10 Å². The number of non-ortho nitro benzene ring substituents is 1. The maximum atomic E-state index is 13.0. The highest BCUT2D eigenvalue weighted by Crippen LogP contribution is 2.25. The van der Waals surface area contributed by atoms with Gasteiger partial charge in [0, 0.05) is 28.8 Å². The molecule has 8 heteroatoms. The molecule has 1 N–H and O–H groups in total. The number of nitro benzene ring substituents is 1. The van der Waals surface area contributed by atoms with Crippen LogP contribution in [0, 0.1) is 10.1 Å². The van der Waals surface area contributed by atoms with Crippen LogP contribution in [0.25, 0.3) is 0 Å². The maximum absolute atomic E-state index is 13.0. The lowest BCUT2D eigenvalue weighted by Crippen LogP contribution is -2.32. The van der Waals surface area contributed by atoms with Crippen molar-refractivity contribution in [2.45, 2.75) is 6.10 Å². The number of hydrogen-bond acceptors (Lipinski definition) is 6. The zero-order chi connectivity index (χ0) is 22.2. The molecule has 31 heavy (non-hydrogen) atoms. The molecule has 0 fully saturated rings. The molecule has 1 atom stereocenters. The van der Waals surface area contributed by atoms with E-state index in [4.69, 9.17) is 4.74 Å². The smallest absolute Gasteiger partial charge is 0.326 e. The molecule has 0 radical (unpaired) electrons. The third kappa shape index (κ3) is 5.60. The summed E-state index contributed by atoms with van der Waals surface area (Å²) in [6.07, 6.45) is -1.32. The van der Waals surface area contributed by atoms with Crippen molar-refractivity contribution in [2.75, 3.05) is 6.54 Å². The summed E-state index contributed by atoms with van der Waals surface area (Å²) in [5.74, 6) is -1.77. The first kappa shape index (κ1) is 21.4. The average Bonchev–Trinajstić information content (AvgIpc) is 2.81. The maximum Gasteiger partial charge on any atom is 0.326 e. The topological polar surface area (TPSA) is 116 Å². The summed E-state index contributed by atoms with van der Waals surface area (Å²) in [5.41, 5.74) is 0.813. The third-order valence-electron chi connectivity index (χ3n) is 4.38. The van der Waals surface area contributed by atoms with Gasteiger partial charge in [-0.3, -0.25) is 24.5 Å². The summed E-state index contributed by atoms with van der Waals surface area (Å²) in [6, 6.07) is 21.7. The van der Waals surface area contributed by atoms with Crippen LogP contribution in [0.4, 0.5) is 5.69 Å². The Morgan fingerprint density at radius 1 is 0.839 bits per heavy atom. The zero-order valence-electron chi connectivity index (χ0n) is 16.3. The number of benzene rings is 3. The molecule has 0 spiro atoms. The minimum Gasteiger partial charge on any atom is -0.448 e. The molecule has 0 bridgehead atoms. The predicted octanol–water partition coefficient (Wildman–Crippen LogP) is 3.49. The Balaban J connectivity index is 1.76. The van der Waals surface area contributed by atoms with Crippen molar-refractivity contribution in [1.29, 1.82) is 0 Å². The Morgan fingerprint density at radius 3 is 1.94 bits per heavy atom. The molecule has 3 aromatic rings. The largest absolute Gasteiger partial charge is 0.448 e. The number of ether oxygens (including phenoxy) is 1. The molecule has 3 aromatic carbocycles. The SMILES string of the molecule is O=C(CNC(=O)c1ccccc1)O[C@H](C(=O)c1ccccc1)c1ccc([N+](=O)[O-])cc1. The van der Waals surface area contributed by atoms with Crippen LogP contribution in [0.3, 0.4) is 0 Å². The molecule has 156 valence electrons. The number of amides is 1. The van der Waals surface area contributed by atoms with E-state index in [1.165, 1.54) is 24.3 Å². The van der Waals surface area contributed by atoms with Crippen LogP contribution in [0.5, 0.6) is 0 Å². The minimum absolute atomic E-state index is 0.156. The second-order valence-electron chi connectivity index (χ2n) is 6.50. The summed E-state index contributed by atoms with van der Waals surface area (Å²) < 4.78 is 5.37. The van der Waals surface area contributed by atoms with Crippen molar-refractivity contribution in [3.05, 3.63) is 112 Å². The summed E-state index contributed by atoms with van der Waals surface area (Å²) in [7, 11) is 0. The highest BCUT2D eigenvalue weighted by Gasteiger charge is 2.27. The quantitative estimate of drug-likeness (QED) is 0.259. The van der Waals surface area contributed by atoms with Crippen LogP contribution in [0.2, 0.25) is 0 Å². The van der Waals surface area contributed by atoms with Gasteiger partial charge in [-0.15, -0.1) is 0 Å². The van der Waals surface area contributed by atoms with E-state index < -0.39 is 35.2 Å². The molecule has 0 heterocycles. The van der Waals surface area contributed by atoms with E-state index in [0.29, 0.717) is 11.1 Å². The Kier molecular flexibility index (Phi) is 6.85. The first-order chi connectivity index (χ1) is 15.0. The highest BCUT2D eigenvalue weighted by atomic mass is 16.6. The number of nitro groups is 1. The number of carbonyl (C=O) groups excluding carboxylic acids is 3. The Hall–Kier alpha value is -4.33. The number of Topliss-reactive ketones (excluding diaryl/α,β-unsaturated/α-hetero) is 1. The fraction of sp³-hybridized carbons (Fsp3) is 0.0870. The van der Waals surface area contributed by atoms with Crippen molar-refractivity contribution < 1.29 is 24.0 Å². The molecule has 1 amide bonds. The van der Waals surface area contributed by atoms with E-state index >= 15 is 0 Å². The Morgan fingerprint density at radius 2 is 1.39 bits per heavy atom. The van der Waals surface area contributed by atoms with Gasteiger partial charge in [-0.2, -0.15) is 0 Å². The number of nitrogens with one attached hydrogen (secondary N) is 1. The van der Waals surface area contributed by atoms with Crippen LogP contribution in [-0.2, 0) is 9.53 Å². The monoisotopic (exact) mass is 418 g/mol. The molecule has 0 aliphatic heterocycles. The van der Waals surface area contributed by atoms with Gasteiger partial charge in [0.2, 0.25) is 5.78 Å². The van der Waals surface area contributed by atoms with Gasteiger partial charge in [0.25, 0.3) is 11.6 Å². The summed E-state index contributed by atoms with van der Waals surface area (Å²) >= 11 is 0. The third-order valence-corrected chi connectivity index (χ3v) is 4.38. The predicted molar refractivity (Wildman–Crippen MR) is 111 cm³/mol. The van der Waals surface area contributed by atoms with Gasteiger partial charge in [0.05, 0.1) is 4.92 Å². The molecule has 8 nitrogen and oxygen atoms in total. The van der Waals surface area contributed by atoms with E-state index in [0.717, 1.165) is 0 Å². The molecular weight excluding hydrogens is 400 g/mol. The standard InChI is InChI=1S/C23H18N2O6/c26-20(15-24-23(28)18-9-5-2-6-10-18)31-22(21(27)16-7-3-1-4-8-16)17-11-13-19(14-12-17)25(29)30/h1-14,22H,15H2,(H,24,28)/t22-/m0/s1. The lowest BCUT2D eigenvalue weighted by molar-refractivity contribution is -0.384. The van der Waals surface area contributed by atoms with E-state index in [1.807, 2.05) is 0 Å². The first-order valence-electron chi connectivity index (χ1n) is 9.32. The summed E-state index contributed by atoms with van der Waals surface area (Å²) in [6.45, 7) is -0.445. The van der Waals surface area contributed by atoms with Crippen molar-refractivity contribution in [2.24, 2.45) is 0 Å². The lowest BCUT2D eigenvalue weighted by Gasteiger charge is -2.17. The van der Waals surface area contributed by atoms with Gasteiger partial charge < -0.3 is 10.1 Å². The van der Waals surface area contributed by atoms with Crippen molar-refractivity contribution >= 4 is 23.3 Å². The van der Waals surface area contributed by atoms with Crippen LogP contribution >= 0.6 is 0 Å². The number of hydrogen-bond donors (Lipinski definition) is 1. The number of rotatable bonds is 8. The van der Waals surface area contributed by atoms with Crippen molar-refractivity contribution in [1.82, 2.24) is 5.32 Å². The molecule has 0 saturated carbocycles. The molecule has 0 saturated heterocycles. The second kappa shape index (κ2) is 9.93. The van der Waals surface area contributed by atoms with Gasteiger partial charge in [-0.25, -0.2) is 0 Å². The summed E-state index contributed by atoms with van der Waals surface area (Å²) in [5, 5.41) is 13.3. The number of carbonyl (C=O) groups is 3. The van der Waals surface area contributed by atoms with Gasteiger partial charge >= 0.3 is 5.97 Å². The highest BCUT2D eigenvalue weighted by molar-refractivity contribution is 6.01. The molecular formula is C23H18N2O6. The van der Waals surface area contributed by atoms with E-state index in [-0.39, 0.29) is 11.3 Å². The molecule has 0 aliphatic rings. The number of nitrogens with zero attached hydrogens (tertiary/aromatic N) is 1. The molecule has 0 aliphatic carbocycles. The molecule has 0 aromatic heterocycles. The van der Waals surface area contributed by atoms with Gasteiger partial charge in [0.1, 0.15) is 6.54 Å². The number of esters is 1. The fourth-order valence-corrected chi connectivity index (χ4v) is 2.81. The van der Waals surface area contributed by atoms with Crippen molar-refractivity contribution in [3.8, 4) is 0 Å². The number of ketones is 1. The average molecular weight is 418 g/mol. The van der Waals surface area contributed by atoms with Crippen LogP contribution < -0.4 is 5.32 Å².